The summed E-state index contributed by atoms with van der Waals surface area (Å²) in [5.74, 6) is -0.531. The number of carbonyl (C=O) groups excluding carboxylic acids is 2. The van der Waals surface area contributed by atoms with Crippen LogP contribution in [0.2, 0.25) is 0 Å². The molecule has 22 nitrogen and oxygen atoms in total. The lowest BCUT2D eigenvalue weighted by Crippen LogP contribution is -2.46. The van der Waals surface area contributed by atoms with Crippen molar-refractivity contribution in [1.82, 2.24) is 25.2 Å². The first-order chi connectivity index (χ1) is 23.5. The van der Waals surface area contributed by atoms with Gasteiger partial charge < -0.3 is 50.9 Å². The molecule has 2 aromatic rings. The fraction of sp³-hybridized carbons (Fsp3) is 0.680. The third kappa shape index (κ3) is 13.1. The van der Waals surface area contributed by atoms with Gasteiger partial charge in [-0.1, -0.05) is 27.7 Å². The molecule has 10 N–H and O–H groups in total. The first-order valence-electron chi connectivity index (χ1n) is 15.2. The molecule has 0 aliphatic carbocycles. The van der Waals surface area contributed by atoms with E-state index in [9.17, 15) is 53.1 Å². The summed E-state index contributed by atoms with van der Waals surface area (Å²) in [5.41, 5.74) is 4.82. The predicted octanol–water partition coefficient (Wildman–Crippen LogP) is 0.152. The number of aromatic nitrogens is 3. The number of aliphatic hydroxyl groups is 2. The Balaban J connectivity index is 1.55. The van der Waals surface area contributed by atoms with Crippen molar-refractivity contribution < 1.29 is 75.7 Å². The molecule has 1 fully saturated rings. The molecular weight excluding hydrogens is 765 g/mol. The molecule has 7 atom stereocenters. The van der Waals surface area contributed by atoms with E-state index in [-0.39, 0.29) is 35.7 Å². The van der Waals surface area contributed by atoms with E-state index in [1.807, 2.05) is 13.8 Å². The summed E-state index contributed by atoms with van der Waals surface area (Å²) >= 11 is 1.67. The molecule has 26 heteroatoms. The Morgan fingerprint density at radius 2 is 1.76 bits per heavy atom. The molecule has 3 rings (SSSR count). The van der Waals surface area contributed by atoms with Crippen molar-refractivity contribution in [2.75, 3.05) is 37.8 Å². The number of fused-ring (bicyclic) bond motifs is 1. The lowest BCUT2D eigenvalue weighted by molar-refractivity contribution is -0.137. The molecule has 2 amide bonds. The highest BCUT2D eigenvalue weighted by Gasteiger charge is 2.50. The van der Waals surface area contributed by atoms with Crippen LogP contribution < -0.4 is 16.4 Å². The van der Waals surface area contributed by atoms with Gasteiger partial charge in [-0.25, -0.2) is 23.7 Å². The average Bonchev–Trinajstić information content (AvgIpc) is 3.57. The largest absolute Gasteiger partial charge is 0.481 e. The number of hydrogen-bond acceptors (Lipinski definition) is 16. The molecular formula is C25H43N6O16P3S. The predicted molar refractivity (Wildman–Crippen MR) is 179 cm³/mol. The number of nitrogen functional groups attached to an aromatic ring is 1. The Hall–Kier alpha value is -2.04. The van der Waals surface area contributed by atoms with Gasteiger partial charge in [0.1, 0.15) is 29.9 Å². The summed E-state index contributed by atoms with van der Waals surface area (Å²) in [4.78, 5) is 71.7. The highest BCUT2D eigenvalue weighted by molar-refractivity contribution is 7.99. The number of nitrogens with two attached hydrogens (primary N) is 1. The van der Waals surface area contributed by atoms with E-state index in [1.54, 1.807) is 11.8 Å². The number of amides is 2. The maximum absolute atomic E-state index is 12.6. The van der Waals surface area contributed by atoms with E-state index >= 15 is 0 Å². The second-order valence-electron chi connectivity index (χ2n) is 12.1. The normalized spacial score (nSPS) is 22.8. The summed E-state index contributed by atoms with van der Waals surface area (Å²) in [6.45, 7) is 4.98. The summed E-state index contributed by atoms with van der Waals surface area (Å²) in [6.07, 6.45) is -6.32. The molecule has 0 bridgehead atoms. The van der Waals surface area contributed by atoms with Crippen LogP contribution in [-0.4, -0.2) is 118 Å². The van der Waals surface area contributed by atoms with Gasteiger partial charge >= 0.3 is 23.5 Å². The minimum atomic E-state index is -5.53. The summed E-state index contributed by atoms with van der Waals surface area (Å²) in [5, 5.41) is 26.8. The van der Waals surface area contributed by atoms with E-state index in [0.29, 0.717) is 17.5 Å². The number of phosphoric acid groups is 3. The van der Waals surface area contributed by atoms with Crippen molar-refractivity contribution in [2.24, 2.45) is 5.41 Å². The minimum Gasteiger partial charge on any atom is -0.397 e. The molecule has 0 saturated carbocycles. The number of carbonyl (C=O) groups is 2. The van der Waals surface area contributed by atoms with Crippen molar-refractivity contribution in [3.8, 4) is 0 Å². The van der Waals surface area contributed by atoms with Gasteiger partial charge in [0.25, 0.3) is 0 Å². The van der Waals surface area contributed by atoms with Crippen molar-refractivity contribution in [2.45, 2.75) is 70.0 Å². The fourth-order valence-corrected chi connectivity index (χ4v) is 8.03. The fourth-order valence-electron chi connectivity index (χ4n) is 4.51. The smallest absolute Gasteiger partial charge is 0.397 e. The van der Waals surface area contributed by atoms with E-state index in [0.717, 1.165) is 6.33 Å². The van der Waals surface area contributed by atoms with Gasteiger partial charge in [0.15, 0.2) is 11.9 Å². The third-order valence-electron chi connectivity index (χ3n) is 7.06. The van der Waals surface area contributed by atoms with E-state index < -0.39 is 78.6 Å². The quantitative estimate of drug-likeness (QED) is 0.0635. The Labute approximate surface area is 296 Å². The molecule has 3 heterocycles. The molecule has 0 spiro atoms. The standard InChI is InChI=1S/C25H43N6O16P3S/c1-14(2)51-10-9-27-17(32)6-8-29-23(35)21(34)25(3,4)12-44-50(41,42)47-49(39,40)43-11-16-20(46-48(36,37)38)19(33)24(45-16)31-13-30-18-15(26)5-7-28-22(18)31/h5,7,13-14,16,19-21,24,33-34H,6,8-12H2,1-4H3,(H2,26,28)(H,27,32)(H,29,35)(H,39,40)(H,41,42)(H2,36,37,38)/t16-,19?,20+,21+,24-/m1/s1. The van der Waals surface area contributed by atoms with Gasteiger partial charge in [-0.05, 0) is 11.3 Å². The van der Waals surface area contributed by atoms with Crippen molar-refractivity contribution in [3.05, 3.63) is 18.6 Å². The number of imidazole rings is 1. The number of nitrogens with one attached hydrogen (secondary N) is 2. The average molecular weight is 809 g/mol. The number of pyridine rings is 1. The molecule has 51 heavy (non-hydrogen) atoms. The van der Waals surface area contributed by atoms with Crippen LogP contribution in [0, 0.1) is 5.41 Å². The van der Waals surface area contributed by atoms with Gasteiger partial charge in [-0.2, -0.15) is 16.1 Å². The van der Waals surface area contributed by atoms with E-state index in [4.69, 9.17) is 19.5 Å². The number of aliphatic hydroxyl groups excluding tert-OH is 2. The first-order valence-corrected chi connectivity index (χ1v) is 20.7. The van der Waals surface area contributed by atoms with Crippen molar-refractivity contribution in [3.63, 3.8) is 0 Å². The Morgan fingerprint density at radius 1 is 1.10 bits per heavy atom. The number of phosphoric ester groups is 3. The highest BCUT2D eigenvalue weighted by atomic mass is 32.2. The summed E-state index contributed by atoms with van der Waals surface area (Å²) in [6, 6.07) is 1.45. The zero-order valence-corrected chi connectivity index (χ0v) is 31.4. The monoisotopic (exact) mass is 808 g/mol. The van der Waals surface area contributed by atoms with Gasteiger partial charge in [-0.15, -0.1) is 0 Å². The lowest BCUT2D eigenvalue weighted by Gasteiger charge is -2.30. The summed E-state index contributed by atoms with van der Waals surface area (Å²) in [7, 11) is -16.3. The van der Waals surface area contributed by atoms with Crippen molar-refractivity contribution in [1.29, 1.82) is 0 Å². The number of thioether (sulfide) groups is 1. The summed E-state index contributed by atoms with van der Waals surface area (Å²) < 4.78 is 62.1. The molecule has 0 radical (unpaired) electrons. The first kappa shape index (κ1) is 43.4. The zero-order valence-electron chi connectivity index (χ0n) is 27.9. The van der Waals surface area contributed by atoms with Gasteiger partial charge in [0.05, 0.1) is 25.2 Å². The van der Waals surface area contributed by atoms with Crippen LogP contribution in [0.4, 0.5) is 5.69 Å². The molecule has 3 unspecified atom stereocenters. The lowest BCUT2D eigenvalue weighted by atomic mass is 9.87. The van der Waals surface area contributed by atoms with Crippen LogP contribution in [0.15, 0.2) is 18.6 Å². The van der Waals surface area contributed by atoms with Crippen LogP contribution in [0.5, 0.6) is 0 Å². The van der Waals surface area contributed by atoms with Crippen molar-refractivity contribution >= 4 is 63.9 Å². The number of hydrogen-bond donors (Lipinski definition) is 9. The van der Waals surface area contributed by atoms with E-state index in [1.165, 1.54) is 30.7 Å². The number of anilines is 1. The molecule has 290 valence electrons. The van der Waals surface area contributed by atoms with Crippen LogP contribution in [-0.2, 0) is 45.9 Å². The number of rotatable bonds is 20. The molecule has 1 aliphatic heterocycles. The van der Waals surface area contributed by atoms with Crippen LogP contribution in [0.25, 0.3) is 11.2 Å². The number of nitrogens with zero attached hydrogens (tertiary/aromatic N) is 3. The third-order valence-corrected chi connectivity index (χ3v) is 11.3. The second kappa shape index (κ2) is 17.9. The topological polar surface area (TPSA) is 334 Å². The highest BCUT2D eigenvalue weighted by Crippen LogP contribution is 2.61. The second-order valence-corrected chi connectivity index (χ2v) is 18.1. The van der Waals surface area contributed by atoms with Crippen LogP contribution >= 0.6 is 35.2 Å². The molecule has 2 aromatic heterocycles. The maximum atomic E-state index is 12.6. The Bertz CT molecular complexity index is 1660. The van der Waals surface area contributed by atoms with E-state index in [2.05, 4.69) is 29.4 Å². The minimum absolute atomic E-state index is 0.0717. The molecule has 1 aliphatic rings. The Kier molecular flexibility index (Phi) is 15.2. The van der Waals surface area contributed by atoms with Gasteiger partial charge in [0, 0.05) is 36.9 Å². The SMILES string of the molecule is CC(C)SCCNC(=O)CCNC(=O)[C@H](O)C(C)(C)COP(=O)(O)OP(=O)(O)OC[C@H]1O[C@@H](n2cnc3c(N)ccnc32)C(O)[C@H]1OP(=O)(O)O. The van der Waals surface area contributed by atoms with Gasteiger partial charge in [-0.3, -0.25) is 27.7 Å². The molecule has 0 aromatic carbocycles. The Morgan fingerprint density at radius 3 is 2.41 bits per heavy atom. The maximum Gasteiger partial charge on any atom is 0.481 e. The molecule has 1 saturated heterocycles. The van der Waals surface area contributed by atoms with Crippen LogP contribution in [0.3, 0.4) is 0 Å². The number of ether oxygens (including phenoxy) is 1. The van der Waals surface area contributed by atoms with Crippen LogP contribution in [0.1, 0.15) is 40.3 Å². The zero-order chi connectivity index (χ0) is 38.4. The van der Waals surface area contributed by atoms with Gasteiger partial charge in [0.2, 0.25) is 11.8 Å².